The highest BCUT2D eigenvalue weighted by Crippen LogP contribution is 2.20. The number of aliphatic hydroxyl groups excluding tert-OH is 1. The molecule has 0 spiro atoms. The quantitative estimate of drug-likeness (QED) is 0.852. The number of halogens is 1. The molecule has 0 aliphatic carbocycles. The number of benzene rings is 1. The fourth-order valence-electron chi connectivity index (χ4n) is 2.13. The summed E-state index contributed by atoms with van der Waals surface area (Å²) in [6.07, 6.45) is -0.202. The number of nitrogens with zero attached hydrogens (tertiary/aromatic N) is 1. The van der Waals surface area contributed by atoms with Crippen LogP contribution in [0, 0.1) is 0 Å². The van der Waals surface area contributed by atoms with Crippen molar-refractivity contribution in [2.24, 2.45) is 0 Å². The summed E-state index contributed by atoms with van der Waals surface area (Å²) >= 11 is 0. The number of rotatable bonds is 3. The molecule has 1 saturated heterocycles. The molecule has 0 unspecified atom stereocenters. The zero-order valence-corrected chi connectivity index (χ0v) is 10.1. The first-order valence-electron chi connectivity index (χ1n) is 5.35. The molecule has 17 heavy (non-hydrogen) atoms. The largest absolute Gasteiger partial charge is 0.480 e. The van der Waals surface area contributed by atoms with Gasteiger partial charge in [0.25, 0.3) is 0 Å². The van der Waals surface area contributed by atoms with Gasteiger partial charge in [0.2, 0.25) is 0 Å². The number of carbonyl (C=O) groups is 1. The Morgan fingerprint density at radius 3 is 2.59 bits per heavy atom. The predicted octanol–water partition coefficient (Wildman–Crippen LogP) is 1.13. The Morgan fingerprint density at radius 1 is 1.35 bits per heavy atom. The minimum atomic E-state index is -0.854. The SMILES string of the molecule is Cl.O=C(O)[C@@H]1C[C@@H](O)CN1Cc1ccccc1. The van der Waals surface area contributed by atoms with Gasteiger partial charge in [-0.15, -0.1) is 12.4 Å². The zero-order valence-electron chi connectivity index (χ0n) is 9.32. The van der Waals surface area contributed by atoms with Gasteiger partial charge in [0.05, 0.1) is 6.10 Å². The molecule has 0 amide bonds. The number of carboxylic acids is 1. The lowest BCUT2D eigenvalue weighted by Crippen LogP contribution is -2.35. The maximum absolute atomic E-state index is 11.0. The monoisotopic (exact) mass is 257 g/mol. The standard InChI is InChI=1S/C12H15NO3.ClH/c14-10-6-11(12(15)16)13(8-10)7-9-4-2-1-3-5-9;/h1-5,10-11,14H,6-8H2,(H,15,16);1H/t10-,11+;/m1./s1. The fourth-order valence-corrected chi connectivity index (χ4v) is 2.13. The van der Waals surface area contributed by atoms with Crippen molar-refractivity contribution < 1.29 is 15.0 Å². The molecule has 2 atom stereocenters. The summed E-state index contributed by atoms with van der Waals surface area (Å²) < 4.78 is 0. The smallest absolute Gasteiger partial charge is 0.321 e. The summed E-state index contributed by atoms with van der Waals surface area (Å²) in [6.45, 7) is 1.01. The Hall–Kier alpha value is -1.10. The van der Waals surface area contributed by atoms with Crippen molar-refractivity contribution in [2.75, 3.05) is 6.54 Å². The summed E-state index contributed by atoms with van der Waals surface area (Å²) in [5.74, 6) is -0.854. The molecular weight excluding hydrogens is 242 g/mol. The number of β-amino-alcohol motifs (C(OH)–C–C–N with tert-alkyl or cyclic N) is 1. The maximum atomic E-state index is 11.0. The van der Waals surface area contributed by atoms with E-state index in [-0.39, 0.29) is 12.4 Å². The minimum Gasteiger partial charge on any atom is -0.480 e. The van der Waals surface area contributed by atoms with Crippen LogP contribution < -0.4 is 0 Å². The van der Waals surface area contributed by atoms with Gasteiger partial charge in [-0.1, -0.05) is 30.3 Å². The molecule has 1 aromatic rings. The van der Waals surface area contributed by atoms with Crippen molar-refractivity contribution in [3.63, 3.8) is 0 Å². The lowest BCUT2D eigenvalue weighted by molar-refractivity contribution is -0.142. The molecule has 0 saturated carbocycles. The molecule has 1 fully saturated rings. The van der Waals surface area contributed by atoms with Gasteiger partial charge in [0, 0.05) is 19.5 Å². The van der Waals surface area contributed by atoms with Gasteiger partial charge in [-0.2, -0.15) is 0 Å². The van der Waals surface area contributed by atoms with Crippen LogP contribution in [0.2, 0.25) is 0 Å². The van der Waals surface area contributed by atoms with Crippen LogP contribution in [0.5, 0.6) is 0 Å². The topological polar surface area (TPSA) is 60.8 Å². The van der Waals surface area contributed by atoms with Gasteiger partial charge in [0.1, 0.15) is 6.04 Å². The van der Waals surface area contributed by atoms with E-state index in [0.29, 0.717) is 19.5 Å². The van der Waals surface area contributed by atoms with E-state index in [2.05, 4.69) is 0 Å². The second-order valence-corrected chi connectivity index (χ2v) is 4.16. The van der Waals surface area contributed by atoms with Gasteiger partial charge in [-0.05, 0) is 5.56 Å². The Morgan fingerprint density at radius 2 is 2.00 bits per heavy atom. The van der Waals surface area contributed by atoms with E-state index in [1.54, 1.807) is 0 Å². The molecule has 0 radical (unpaired) electrons. The molecule has 1 aliphatic rings. The van der Waals surface area contributed by atoms with Gasteiger partial charge in [-0.3, -0.25) is 9.69 Å². The fraction of sp³-hybridized carbons (Fsp3) is 0.417. The number of aliphatic hydroxyl groups is 1. The molecule has 0 aromatic heterocycles. The van der Waals surface area contributed by atoms with E-state index in [1.165, 1.54) is 0 Å². The third-order valence-corrected chi connectivity index (χ3v) is 2.89. The Balaban J connectivity index is 0.00000144. The second-order valence-electron chi connectivity index (χ2n) is 4.16. The molecule has 1 aromatic carbocycles. The third kappa shape index (κ3) is 3.43. The highest BCUT2D eigenvalue weighted by atomic mass is 35.5. The minimum absolute atomic E-state index is 0. The van der Waals surface area contributed by atoms with Crippen molar-refractivity contribution in [1.29, 1.82) is 0 Å². The number of carboxylic acid groups (broad SMARTS) is 1. The van der Waals surface area contributed by atoms with Crippen molar-refractivity contribution in [3.8, 4) is 0 Å². The van der Waals surface area contributed by atoms with E-state index in [1.807, 2.05) is 35.2 Å². The van der Waals surface area contributed by atoms with Gasteiger partial charge >= 0.3 is 5.97 Å². The number of aliphatic carboxylic acids is 1. The van der Waals surface area contributed by atoms with Gasteiger partial charge < -0.3 is 10.2 Å². The predicted molar refractivity (Wildman–Crippen MR) is 66.1 cm³/mol. The van der Waals surface area contributed by atoms with E-state index >= 15 is 0 Å². The van der Waals surface area contributed by atoms with Crippen LogP contribution in [0.1, 0.15) is 12.0 Å². The van der Waals surface area contributed by atoms with Gasteiger partial charge in [-0.25, -0.2) is 0 Å². The van der Waals surface area contributed by atoms with E-state index < -0.39 is 18.1 Å². The summed E-state index contributed by atoms with van der Waals surface area (Å²) in [7, 11) is 0. The highest BCUT2D eigenvalue weighted by molar-refractivity contribution is 5.85. The zero-order chi connectivity index (χ0) is 11.5. The first-order valence-corrected chi connectivity index (χ1v) is 5.35. The average molecular weight is 258 g/mol. The van der Waals surface area contributed by atoms with Crippen molar-refractivity contribution >= 4 is 18.4 Å². The van der Waals surface area contributed by atoms with E-state index in [4.69, 9.17) is 5.11 Å². The lowest BCUT2D eigenvalue weighted by atomic mass is 10.2. The average Bonchev–Trinajstić information content (AvgIpc) is 2.61. The van der Waals surface area contributed by atoms with Crippen LogP contribution in [0.4, 0.5) is 0 Å². The normalized spacial score (nSPS) is 24.3. The molecule has 94 valence electrons. The van der Waals surface area contributed by atoms with Crippen LogP contribution in [0.25, 0.3) is 0 Å². The molecule has 1 heterocycles. The van der Waals surface area contributed by atoms with Crippen molar-refractivity contribution in [1.82, 2.24) is 4.90 Å². The highest BCUT2D eigenvalue weighted by Gasteiger charge is 2.35. The summed E-state index contributed by atoms with van der Waals surface area (Å²) in [5.41, 5.74) is 1.07. The summed E-state index contributed by atoms with van der Waals surface area (Å²) in [5, 5.41) is 18.5. The Labute approximate surface area is 106 Å². The number of likely N-dealkylation sites (tertiary alicyclic amines) is 1. The summed E-state index contributed by atoms with van der Waals surface area (Å²) in [6, 6.07) is 9.15. The molecule has 2 rings (SSSR count). The molecule has 2 N–H and O–H groups in total. The Bertz CT molecular complexity index is 371. The van der Waals surface area contributed by atoms with Gasteiger partial charge in [0.15, 0.2) is 0 Å². The molecule has 4 nitrogen and oxygen atoms in total. The summed E-state index contributed by atoms with van der Waals surface area (Å²) in [4.78, 5) is 12.8. The lowest BCUT2D eigenvalue weighted by Gasteiger charge is -2.20. The second kappa shape index (κ2) is 6.00. The first kappa shape index (κ1) is 14.0. The van der Waals surface area contributed by atoms with Crippen LogP contribution in [-0.4, -0.2) is 39.8 Å². The maximum Gasteiger partial charge on any atom is 0.321 e. The number of hydrogen-bond donors (Lipinski definition) is 2. The molecule has 0 bridgehead atoms. The van der Waals surface area contributed by atoms with Crippen LogP contribution in [0.3, 0.4) is 0 Å². The van der Waals surface area contributed by atoms with Crippen molar-refractivity contribution in [2.45, 2.75) is 25.1 Å². The molecular formula is C12H16ClNO3. The van der Waals surface area contributed by atoms with Crippen molar-refractivity contribution in [3.05, 3.63) is 35.9 Å². The van der Waals surface area contributed by atoms with Crippen LogP contribution >= 0.6 is 12.4 Å². The third-order valence-electron chi connectivity index (χ3n) is 2.89. The van der Waals surface area contributed by atoms with Crippen LogP contribution in [0.15, 0.2) is 30.3 Å². The van der Waals surface area contributed by atoms with E-state index in [0.717, 1.165) is 5.56 Å². The first-order chi connectivity index (χ1) is 7.66. The molecule has 1 aliphatic heterocycles. The van der Waals surface area contributed by atoms with Crippen LogP contribution in [-0.2, 0) is 11.3 Å². The van der Waals surface area contributed by atoms with E-state index in [9.17, 15) is 9.90 Å². The molecule has 5 heteroatoms. The number of hydrogen-bond acceptors (Lipinski definition) is 3. The Kier molecular flexibility index (Phi) is 4.93.